The average molecular weight is 290 g/mol. The lowest BCUT2D eigenvalue weighted by molar-refractivity contribution is 0.102. The van der Waals surface area contributed by atoms with E-state index in [9.17, 15) is 0 Å². The standard InChI is InChI=1S/C12H22.C8H13N/c1-11-5-9-12(10-6-11)7-3-2-4-8-12;1-7-2-4-8(6-9)5-3-7/h11H,2-10H2,1H3;7-8H,2-5H2,1H3. The molecule has 0 radical (unpaired) electrons. The number of nitrogens with zero attached hydrogens (tertiary/aromatic N) is 1. The molecule has 0 bridgehead atoms. The summed E-state index contributed by atoms with van der Waals surface area (Å²) in [5.74, 6) is 2.27. The highest BCUT2D eigenvalue weighted by Gasteiger charge is 2.34. The van der Waals surface area contributed by atoms with E-state index in [1.165, 1.54) is 44.9 Å². The maximum absolute atomic E-state index is 8.53. The highest BCUT2D eigenvalue weighted by atomic mass is 14.4. The van der Waals surface area contributed by atoms with Crippen molar-refractivity contribution >= 4 is 0 Å². The molecule has 21 heavy (non-hydrogen) atoms. The van der Waals surface area contributed by atoms with Crippen LogP contribution >= 0.6 is 0 Å². The van der Waals surface area contributed by atoms with Gasteiger partial charge in [-0.25, -0.2) is 0 Å². The van der Waals surface area contributed by atoms with Crippen molar-refractivity contribution in [2.45, 2.75) is 97.3 Å². The summed E-state index contributed by atoms with van der Waals surface area (Å²) >= 11 is 0. The van der Waals surface area contributed by atoms with Crippen molar-refractivity contribution in [3.63, 3.8) is 0 Å². The quantitative estimate of drug-likeness (QED) is 0.500. The predicted molar refractivity (Wildman–Crippen MR) is 89.9 cm³/mol. The largest absolute Gasteiger partial charge is 0.198 e. The Labute approximate surface area is 132 Å². The Kier molecular flexibility index (Phi) is 6.59. The lowest BCUT2D eigenvalue weighted by Gasteiger charge is -2.42. The molecule has 0 aromatic rings. The van der Waals surface area contributed by atoms with Gasteiger partial charge in [-0.2, -0.15) is 5.26 Å². The Morgan fingerprint density at radius 3 is 1.76 bits per heavy atom. The van der Waals surface area contributed by atoms with Crippen molar-refractivity contribution in [1.29, 1.82) is 5.26 Å². The van der Waals surface area contributed by atoms with Crippen LogP contribution in [0.1, 0.15) is 97.3 Å². The second kappa shape index (κ2) is 8.21. The SMILES string of the molecule is CC1CCC(C#N)CC1.CC1CCC2(CCCCC2)CC1. The van der Waals surface area contributed by atoms with Crippen LogP contribution in [-0.2, 0) is 0 Å². The lowest BCUT2D eigenvalue weighted by atomic mass is 9.63. The summed E-state index contributed by atoms with van der Waals surface area (Å²) in [6.45, 7) is 4.70. The van der Waals surface area contributed by atoms with Crippen molar-refractivity contribution < 1.29 is 0 Å². The van der Waals surface area contributed by atoms with E-state index < -0.39 is 0 Å². The molecule has 0 heterocycles. The van der Waals surface area contributed by atoms with Crippen molar-refractivity contribution in [2.24, 2.45) is 23.2 Å². The molecule has 3 saturated carbocycles. The highest BCUT2D eigenvalue weighted by Crippen LogP contribution is 2.48. The van der Waals surface area contributed by atoms with E-state index >= 15 is 0 Å². The number of rotatable bonds is 0. The van der Waals surface area contributed by atoms with Gasteiger partial charge in [0.1, 0.15) is 0 Å². The van der Waals surface area contributed by atoms with Gasteiger partial charge in [-0.15, -0.1) is 0 Å². The van der Waals surface area contributed by atoms with E-state index in [-0.39, 0.29) is 0 Å². The van der Waals surface area contributed by atoms with E-state index in [2.05, 4.69) is 19.9 Å². The molecule has 0 aromatic carbocycles. The van der Waals surface area contributed by atoms with Crippen molar-refractivity contribution in [2.75, 3.05) is 0 Å². The summed E-state index contributed by atoms with van der Waals surface area (Å²) in [7, 11) is 0. The molecule has 0 atom stereocenters. The molecule has 0 N–H and O–H groups in total. The highest BCUT2D eigenvalue weighted by molar-refractivity contribution is 4.87. The third kappa shape index (κ3) is 5.32. The van der Waals surface area contributed by atoms with Crippen LogP contribution < -0.4 is 0 Å². The fraction of sp³-hybridized carbons (Fsp3) is 0.950. The van der Waals surface area contributed by atoms with Crippen molar-refractivity contribution in [1.82, 2.24) is 0 Å². The molecule has 3 fully saturated rings. The van der Waals surface area contributed by atoms with E-state index in [0.717, 1.165) is 30.1 Å². The summed E-state index contributed by atoms with van der Waals surface area (Å²) in [4.78, 5) is 0. The zero-order valence-corrected chi connectivity index (χ0v) is 14.4. The molecule has 0 unspecified atom stereocenters. The fourth-order valence-electron chi connectivity index (χ4n) is 4.57. The van der Waals surface area contributed by atoms with Crippen LogP contribution in [0, 0.1) is 34.5 Å². The molecule has 0 saturated heterocycles. The summed E-state index contributed by atoms with van der Waals surface area (Å²) in [5.41, 5.74) is 0.838. The molecule has 1 nitrogen and oxygen atoms in total. The first-order valence-corrected chi connectivity index (χ1v) is 9.53. The van der Waals surface area contributed by atoms with Crippen molar-refractivity contribution in [3.8, 4) is 6.07 Å². The Balaban J connectivity index is 0.000000161. The minimum absolute atomic E-state index is 0.376. The second-order valence-corrected chi connectivity index (χ2v) is 8.33. The molecular weight excluding hydrogens is 254 g/mol. The van der Waals surface area contributed by atoms with Crippen LogP contribution in [0.4, 0.5) is 0 Å². The predicted octanol–water partition coefficient (Wildman–Crippen LogP) is 6.48. The topological polar surface area (TPSA) is 23.8 Å². The second-order valence-electron chi connectivity index (χ2n) is 8.33. The molecule has 0 aromatic heterocycles. The minimum Gasteiger partial charge on any atom is -0.198 e. The molecular formula is C20H35N. The van der Waals surface area contributed by atoms with Gasteiger partial charge in [-0.1, -0.05) is 46.0 Å². The molecule has 0 amide bonds. The first kappa shape index (κ1) is 16.9. The molecule has 3 aliphatic rings. The maximum Gasteiger partial charge on any atom is 0.0655 e. The average Bonchev–Trinajstić information content (AvgIpc) is 2.53. The number of hydrogen-bond acceptors (Lipinski definition) is 1. The van der Waals surface area contributed by atoms with Crippen LogP contribution in [-0.4, -0.2) is 0 Å². The number of nitriles is 1. The van der Waals surface area contributed by atoms with Gasteiger partial charge in [0.05, 0.1) is 6.07 Å². The molecule has 1 heteroatoms. The van der Waals surface area contributed by atoms with Gasteiger partial charge < -0.3 is 0 Å². The normalized spacial score (nSPS) is 32.8. The summed E-state index contributed by atoms with van der Waals surface area (Å²) in [6, 6.07) is 2.32. The van der Waals surface area contributed by atoms with Gasteiger partial charge in [-0.05, 0) is 68.6 Å². The summed E-state index contributed by atoms with van der Waals surface area (Å²) in [5, 5.41) is 8.53. The van der Waals surface area contributed by atoms with E-state index in [0.29, 0.717) is 5.92 Å². The molecule has 3 rings (SSSR count). The summed E-state index contributed by atoms with van der Waals surface area (Å²) < 4.78 is 0. The molecule has 120 valence electrons. The third-order valence-electron chi connectivity index (χ3n) is 6.45. The summed E-state index contributed by atoms with van der Waals surface area (Å²) in [6.07, 6.45) is 18.6. The Hall–Kier alpha value is -0.510. The third-order valence-corrected chi connectivity index (χ3v) is 6.45. The Morgan fingerprint density at radius 1 is 0.714 bits per heavy atom. The van der Waals surface area contributed by atoms with E-state index in [4.69, 9.17) is 5.26 Å². The van der Waals surface area contributed by atoms with Gasteiger partial charge in [0.15, 0.2) is 0 Å². The van der Waals surface area contributed by atoms with Gasteiger partial charge in [0.25, 0.3) is 0 Å². The monoisotopic (exact) mass is 289 g/mol. The maximum atomic E-state index is 8.53. The van der Waals surface area contributed by atoms with E-state index in [1.807, 2.05) is 0 Å². The van der Waals surface area contributed by atoms with Gasteiger partial charge >= 0.3 is 0 Å². The fourth-order valence-corrected chi connectivity index (χ4v) is 4.57. The van der Waals surface area contributed by atoms with Crippen LogP contribution in [0.2, 0.25) is 0 Å². The Bertz CT molecular complexity index is 316. The Morgan fingerprint density at radius 2 is 1.24 bits per heavy atom. The number of hydrogen-bond donors (Lipinski definition) is 0. The van der Waals surface area contributed by atoms with Crippen LogP contribution in [0.15, 0.2) is 0 Å². The van der Waals surface area contributed by atoms with Crippen molar-refractivity contribution in [3.05, 3.63) is 0 Å². The molecule has 1 spiro atoms. The first-order chi connectivity index (χ1) is 10.1. The lowest BCUT2D eigenvalue weighted by Crippen LogP contribution is -2.28. The van der Waals surface area contributed by atoms with Crippen LogP contribution in [0.5, 0.6) is 0 Å². The van der Waals surface area contributed by atoms with Gasteiger partial charge in [0, 0.05) is 5.92 Å². The molecule has 3 aliphatic carbocycles. The minimum atomic E-state index is 0.376. The van der Waals surface area contributed by atoms with Gasteiger partial charge in [-0.3, -0.25) is 0 Å². The molecule has 0 aliphatic heterocycles. The zero-order chi connectivity index (χ0) is 15.1. The first-order valence-electron chi connectivity index (χ1n) is 9.53. The van der Waals surface area contributed by atoms with E-state index in [1.54, 1.807) is 25.7 Å². The van der Waals surface area contributed by atoms with Crippen LogP contribution in [0.25, 0.3) is 0 Å². The smallest absolute Gasteiger partial charge is 0.0655 e. The zero-order valence-electron chi connectivity index (χ0n) is 14.4. The van der Waals surface area contributed by atoms with Crippen LogP contribution in [0.3, 0.4) is 0 Å². The van der Waals surface area contributed by atoms with Gasteiger partial charge in [0.2, 0.25) is 0 Å².